The summed E-state index contributed by atoms with van der Waals surface area (Å²) in [6.45, 7) is -1.45. The maximum atomic E-state index is 13.4. The van der Waals surface area contributed by atoms with E-state index < -0.39 is 279 Å². The van der Waals surface area contributed by atoms with Crippen molar-refractivity contribution >= 4 is 18.0 Å². The standard InChI is InChI=1S/C58H96N2O37/c1-4-5-6-7-8-9-10-11-12-13-59-58(81)60-14-23-42-30(69)36(75)51(84-23)97-48-29(20-66)90-57(50(83-22(3)68)49(48)82-21(2)67)96-47-28(19-65)89-56(41(80)35(47)74)95-46-27(18-64)88-55(40(79)34(46)73)94-45-26(17-63)87-54(39(78)33(45)72)93-44-25(16-62)86-53(38(77)32(44)71)92-43-24(15-61)85-52(91-42)37(76)31(43)70/h4,23-57,61-66,69-80H,1,5-20H2,2-3H3,(H2,59,60,81)/t23-,24-,25-,26-,27-,28-,29-,30-,31-,32-,33-,34-,35-,36-,37-,38-,39-,40-,41-,42-,43-,44-,45-,46-,47-,48-,49+,50-,51-,52-,53-,54-,55?,56-,57-/m1/s1. The number of aliphatic hydroxyl groups excluding tert-OH is 18. The molecule has 97 heavy (non-hydrogen) atoms. The van der Waals surface area contributed by atoms with E-state index in [9.17, 15) is 106 Å². The summed E-state index contributed by atoms with van der Waals surface area (Å²) in [7, 11) is 0. The molecule has 0 aromatic rings. The van der Waals surface area contributed by atoms with Crippen molar-refractivity contribution in [2.45, 2.75) is 280 Å². The molecule has 21 rings (SSSR count). The molecule has 0 aromatic heterocycles. The molecule has 0 aliphatic carbocycles. The van der Waals surface area contributed by atoms with E-state index in [0.29, 0.717) is 6.42 Å². The monoisotopic (exact) mass is 1410 g/mol. The van der Waals surface area contributed by atoms with Crippen molar-refractivity contribution < 1.29 is 182 Å². The molecule has 35 atom stereocenters. The molecule has 20 N–H and O–H groups in total. The van der Waals surface area contributed by atoms with Crippen LogP contribution in [-0.2, 0) is 85.4 Å². The lowest BCUT2D eigenvalue weighted by Crippen LogP contribution is -2.69. The Morgan fingerprint density at radius 2 is 0.588 bits per heavy atom. The SMILES string of the molecule is C=CCCCCCCCCCNC(=O)NC[C@H]1O[C@@H]2O[C@H]3[C@H](OC(C)=O)[C@@H](OC(C)=O)[C@@H](O[C@H]4[C@H](O)[C@@H](O)[C@@H](O[C@H]5[C@H](O)[C@@H](O)C(O[C@H]6[C@H](O)[C@@H](O)[C@@H](O[C@H]7[C@H](O)[C@@H](O)[C@@H](O[C@H]8[C@H](O)[C@@H](O)[C@@H](O[C@H]1[C@H](O)[C@H]2O)O[C@@H]8CO)O[C@@H]7CO)O[C@@H]6CO)O[C@@H]5CO)O[C@@H]4CO)O[C@@H]3CO. The maximum absolute atomic E-state index is 13.4. The van der Waals surface area contributed by atoms with Crippen molar-refractivity contribution in [3.05, 3.63) is 12.7 Å². The number of carbonyl (C=O) groups is 3. The van der Waals surface area contributed by atoms with E-state index in [1.54, 1.807) is 0 Å². The van der Waals surface area contributed by atoms with Gasteiger partial charge in [0, 0.05) is 26.9 Å². The molecule has 0 spiro atoms. The van der Waals surface area contributed by atoms with Gasteiger partial charge >= 0.3 is 18.0 Å². The van der Waals surface area contributed by atoms with E-state index in [-0.39, 0.29) is 6.54 Å². The summed E-state index contributed by atoms with van der Waals surface area (Å²) in [5, 5.41) is 209. The predicted octanol–water partition coefficient (Wildman–Crippen LogP) is -10.5. The Morgan fingerprint density at radius 3 is 0.907 bits per heavy atom. The van der Waals surface area contributed by atoms with Crippen molar-refractivity contribution in [1.29, 1.82) is 0 Å². The molecule has 2 amide bonds. The number of esters is 2. The molecule has 0 aromatic carbocycles. The van der Waals surface area contributed by atoms with Crippen LogP contribution in [0.2, 0.25) is 0 Å². The van der Waals surface area contributed by atoms with Crippen molar-refractivity contribution in [1.82, 2.24) is 10.6 Å². The highest BCUT2D eigenvalue weighted by Gasteiger charge is 2.61. The molecule has 14 bridgehead atoms. The van der Waals surface area contributed by atoms with E-state index in [2.05, 4.69) is 17.2 Å². The second kappa shape index (κ2) is 36.7. The van der Waals surface area contributed by atoms with Crippen molar-refractivity contribution in [2.75, 3.05) is 52.7 Å². The van der Waals surface area contributed by atoms with Gasteiger partial charge in [-0.15, -0.1) is 6.58 Å². The lowest BCUT2D eigenvalue weighted by Gasteiger charge is -2.50. The van der Waals surface area contributed by atoms with Crippen LogP contribution >= 0.6 is 0 Å². The summed E-state index contributed by atoms with van der Waals surface area (Å²) in [6, 6.07) is -0.778. The molecule has 0 radical (unpaired) electrons. The first-order valence-corrected chi connectivity index (χ1v) is 32.3. The largest absolute Gasteiger partial charge is 0.455 e. The van der Waals surface area contributed by atoms with Crippen LogP contribution in [0.25, 0.3) is 0 Å². The van der Waals surface area contributed by atoms with Crippen LogP contribution < -0.4 is 10.6 Å². The van der Waals surface area contributed by atoms with E-state index in [1.807, 2.05) is 6.08 Å². The molecule has 21 aliphatic rings. The molecule has 39 heteroatoms. The zero-order chi connectivity index (χ0) is 70.7. The summed E-state index contributed by atoms with van der Waals surface area (Å²) in [5.74, 6) is -2.23. The van der Waals surface area contributed by atoms with Gasteiger partial charge in [0.15, 0.2) is 56.2 Å². The summed E-state index contributed by atoms with van der Waals surface area (Å²) in [4.78, 5) is 39.4. The molecule has 1 unspecified atom stereocenters. The third-order valence-electron chi connectivity index (χ3n) is 18.0. The second-order valence-electron chi connectivity index (χ2n) is 24.8. The predicted molar refractivity (Wildman–Crippen MR) is 309 cm³/mol. The minimum Gasteiger partial charge on any atom is -0.455 e. The highest BCUT2D eigenvalue weighted by Crippen LogP contribution is 2.40. The Kier molecular flexibility index (Phi) is 30.0. The van der Waals surface area contributed by atoms with Crippen LogP contribution in [0, 0.1) is 0 Å². The fraction of sp³-hybridized carbons (Fsp3) is 0.914. The van der Waals surface area contributed by atoms with Gasteiger partial charge in [0.2, 0.25) is 0 Å². The fourth-order valence-corrected chi connectivity index (χ4v) is 12.8. The molecule has 21 saturated heterocycles. The Labute approximate surface area is 555 Å². The number of unbranched alkanes of at least 4 members (excludes halogenated alkanes) is 7. The van der Waals surface area contributed by atoms with Crippen LogP contribution in [0.5, 0.6) is 0 Å². The number of hydrogen-bond donors (Lipinski definition) is 20. The van der Waals surface area contributed by atoms with Crippen molar-refractivity contribution in [3.63, 3.8) is 0 Å². The average Bonchev–Trinajstić information content (AvgIpc) is 0.796. The first-order valence-electron chi connectivity index (χ1n) is 32.3. The van der Waals surface area contributed by atoms with Crippen molar-refractivity contribution in [2.24, 2.45) is 0 Å². The van der Waals surface area contributed by atoms with Gasteiger partial charge in [0.1, 0.15) is 159 Å². The minimum absolute atomic E-state index is 0.203. The van der Waals surface area contributed by atoms with Gasteiger partial charge < -0.3 is 178 Å². The van der Waals surface area contributed by atoms with Gasteiger partial charge in [-0.1, -0.05) is 38.2 Å². The van der Waals surface area contributed by atoms with Gasteiger partial charge in [0.05, 0.1) is 39.6 Å². The highest BCUT2D eigenvalue weighted by molar-refractivity contribution is 5.73. The smallest absolute Gasteiger partial charge is 0.314 e. The van der Waals surface area contributed by atoms with Gasteiger partial charge in [-0.2, -0.15) is 0 Å². The Hall–Kier alpha value is -3.33. The zero-order valence-electron chi connectivity index (χ0n) is 53.1. The van der Waals surface area contributed by atoms with Crippen LogP contribution in [0.4, 0.5) is 4.79 Å². The van der Waals surface area contributed by atoms with Crippen LogP contribution in [-0.4, -0.2) is 378 Å². The quantitative estimate of drug-likeness (QED) is 0.0306. The Bertz CT molecular complexity index is 2420. The highest BCUT2D eigenvalue weighted by atomic mass is 16.8. The molecular formula is C58H96N2O37. The van der Waals surface area contributed by atoms with Gasteiger partial charge in [-0.05, 0) is 19.3 Å². The number of hydrogen-bond acceptors (Lipinski definition) is 37. The third-order valence-corrected chi connectivity index (χ3v) is 18.0. The third kappa shape index (κ3) is 18.7. The summed E-state index contributed by atoms with van der Waals surface area (Å²) >= 11 is 0. The Balaban J connectivity index is 1.11. The number of urea groups is 1. The van der Waals surface area contributed by atoms with Gasteiger partial charge in [-0.25, -0.2) is 4.79 Å². The van der Waals surface area contributed by atoms with Crippen LogP contribution in [0.15, 0.2) is 12.7 Å². The molecule has 21 heterocycles. The number of rotatable bonds is 20. The number of ether oxygens (including phenoxy) is 16. The molecule has 39 nitrogen and oxygen atoms in total. The first-order chi connectivity index (χ1) is 46.3. The number of carbonyl (C=O) groups excluding carboxylic acids is 3. The van der Waals surface area contributed by atoms with Crippen molar-refractivity contribution in [3.8, 4) is 0 Å². The summed E-state index contributed by atoms with van der Waals surface area (Å²) in [5.41, 5.74) is 0. The topological polar surface area (TPSA) is 587 Å². The molecule has 0 saturated carbocycles. The van der Waals surface area contributed by atoms with E-state index in [1.165, 1.54) is 0 Å². The summed E-state index contributed by atoms with van der Waals surface area (Å²) in [6.07, 6.45) is -62.7. The van der Waals surface area contributed by atoms with Crippen LogP contribution in [0.3, 0.4) is 0 Å². The van der Waals surface area contributed by atoms with E-state index in [4.69, 9.17) is 75.8 Å². The van der Waals surface area contributed by atoms with Gasteiger partial charge in [-0.3, -0.25) is 9.59 Å². The lowest BCUT2D eigenvalue weighted by molar-refractivity contribution is -0.396. The average molecular weight is 1410 g/mol. The number of nitrogens with one attached hydrogen (secondary N) is 2. The number of amides is 2. The van der Waals surface area contributed by atoms with E-state index >= 15 is 0 Å². The summed E-state index contributed by atoms with van der Waals surface area (Å²) < 4.78 is 93.8. The Morgan fingerprint density at radius 1 is 0.330 bits per heavy atom. The van der Waals surface area contributed by atoms with E-state index in [0.717, 1.165) is 58.8 Å². The van der Waals surface area contributed by atoms with Gasteiger partial charge in [0.25, 0.3) is 0 Å². The zero-order valence-corrected chi connectivity index (χ0v) is 53.1. The molecular weight excluding hydrogens is 1320 g/mol. The first kappa shape index (κ1) is 79.4. The fourth-order valence-electron chi connectivity index (χ4n) is 12.8. The molecule has 560 valence electrons. The van der Waals surface area contributed by atoms with Crippen LogP contribution in [0.1, 0.15) is 65.2 Å². The molecule has 21 aliphatic heterocycles. The minimum atomic E-state index is -2.31. The maximum Gasteiger partial charge on any atom is 0.314 e. The number of allylic oxidation sites excluding steroid dienone is 1. The lowest BCUT2D eigenvalue weighted by atomic mass is 9.94. The second-order valence-corrected chi connectivity index (χ2v) is 24.8. The normalized spacial score (nSPS) is 46.1. The molecule has 21 fully saturated rings. The number of aliphatic hydroxyl groups is 18.